The molecule has 0 amide bonds. The number of rotatable bonds is 5. The standard InChI is InChI=1S/C14H29N3O2S/c1-16(11-5-10-15)20(18,19)17-12-8-14(9-13-17)6-3-2-4-7-14/h2-13,15H2,1H3. The van der Waals surface area contributed by atoms with Crippen molar-refractivity contribution in [2.24, 2.45) is 11.1 Å². The van der Waals surface area contributed by atoms with Crippen LogP contribution < -0.4 is 5.73 Å². The Bertz CT molecular complexity index is 395. The maximum atomic E-state index is 12.5. The van der Waals surface area contributed by atoms with Gasteiger partial charge in [-0.25, -0.2) is 0 Å². The molecule has 0 aromatic carbocycles. The fourth-order valence-corrected chi connectivity index (χ4v) is 5.02. The van der Waals surface area contributed by atoms with Gasteiger partial charge >= 0.3 is 0 Å². The lowest BCUT2D eigenvalue weighted by molar-refractivity contribution is 0.0999. The van der Waals surface area contributed by atoms with Gasteiger partial charge in [0.2, 0.25) is 0 Å². The van der Waals surface area contributed by atoms with E-state index in [0.29, 0.717) is 38.0 Å². The van der Waals surface area contributed by atoms with Crippen molar-refractivity contribution >= 4 is 10.2 Å². The van der Waals surface area contributed by atoms with Gasteiger partial charge < -0.3 is 5.73 Å². The molecule has 0 radical (unpaired) electrons. The Kier molecular flexibility index (Phi) is 5.45. The van der Waals surface area contributed by atoms with Crippen LogP contribution in [-0.2, 0) is 10.2 Å². The molecule has 1 saturated heterocycles. The molecule has 2 fully saturated rings. The lowest BCUT2D eigenvalue weighted by Crippen LogP contribution is -2.48. The lowest BCUT2D eigenvalue weighted by Gasteiger charge is -2.44. The van der Waals surface area contributed by atoms with Crippen molar-refractivity contribution in [1.82, 2.24) is 8.61 Å². The molecule has 1 saturated carbocycles. The van der Waals surface area contributed by atoms with E-state index in [2.05, 4.69) is 0 Å². The number of piperidine rings is 1. The van der Waals surface area contributed by atoms with Crippen LogP contribution >= 0.6 is 0 Å². The second-order valence-electron chi connectivity index (χ2n) is 6.43. The van der Waals surface area contributed by atoms with Crippen LogP contribution in [0.3, 0.4) is 0 Å². The highest BCUT2D eigenvalue weighted by atomic mass is 32.2. The van der Waals surface area contributed by atoms with E-state index in [-0.39, 0.29) is 0 Å². The Balaban J connectivity index is 1.92. The summed E-state index contributed by atoms with van der Waals surface area (Å²) < 4.78 is 28.1. The van der Waals surface area contributed by atoms with E-state index in [1.807, 2.05) is 0 Å². The van der Waals surface area contributed by atoms with Crippen LogP contribution in [-0.4, -0.2) is 50.3 Å². The van der Waals surface area contributed by atoms with Gasteiger partial charge in [-0.05, 0) is 44.1 Å². The van der Waals surface area contributed by atoms with Gasteiger partial charge in [0.25, 0.3) is 10.2 Å². The second-order valence-corrected chi connectivity index (χ2v) is 8.47. The molecular weight excluding hydrogens is 274 g/mol. The average molecular weight is 303 g/mol. The first kappa shape index (κ1) is 16.2. The molecule has 0 unspecified atom stereocenters. The molecule has 0 bridgehead atoms. The van der Waals surface area contributed by atoms with Gasteiger partial charge in [0, 0.05) is 26.7 Å². The van der Waals surface area contributed by atoms with Gasteiger partial charge in [0.05, 0.1) is 0 Å². The maximum Gasteiger partial charge on any atom is 0.281 e. The van der Waals surface area contributed by atoms with Crippen LogP contribution in [0, 0.1) is 5.41 Å². The number of nitrogens with two attached hydrogens (primary N) is 1. The molecule has 0 aromatic rings. The predicted molar refractivity (Wildman–Crippen MR) is 81.5 cm³/mol. The number of hydrogen-bond acceptors (Lipinski definition) is 3. The third-order valence-electron chi connectivity index (χ3n) is 5.09. The van der Waals surface area contributed by atoms with Crippen molar-refractivity contribution in [3.05, 3.63) is 0 Å². The second kappa shape index (κ2) is 6.73. The molecule has 1 spiro atoms. The van der Waals surface area contributed by atoms with Gasteiger partial charge in [-0.1, -0.05) is 19.3 Å². The van der Waals surface area contributed by atoms with Gasteiger partial charge in [-0.3, -0.25) is 0 Å². The van der Waals surface area contributed by atoms with E-state index < -0.39 is 10.2 Å². The number of nitrogens with zero attached hydrogens (tertiary/aromatic N) is 2. The average Bonchev–Trinajstić information content (AvgIpc) is 2.46. The third-order valence-corrected chi connectivity index (χ3v) is 7.08. The molecular formula is C14H29N3O2S. The fraction of sp³-hybridized carbons (Fsp3) is 1.00. The van der Waals surface area contributed by atoms with Gasteiger partial charge in [0.15, 0.2) is 0 Å². The Morgan fingerprint density at radius 2 is 1.70 bits per heavy atom. The highest BCUT2D eigenvalue weighted by Crippen LogP contribution is 2.44. The normalized spacial score (nSPS) is 24.4. The van der Waals surface area contributed by atoms with E-state index in [4.69, 9.17) is 5.73 Å². The van der Waals surface area contributed by atoms with E-state index in [0.717, 1.165) is 12.8 Å². The van der Waals surface area contributed by atoms with Crippen molar-refractivity contribution in [3.8, 4) is 0 Å². The first-order chi connectivity index (χ1) is 9.50. The van der Waals surface area contributed by atoms with Gasteiger partial charge in [-0.2, -0.15) is 17.0 Å². The summed E-state index contributed by atoms with van der Waals surface area (Å²) in [4.78, 5) is 0. The zero-order valence-corrected chi connectivity index (χ0v) is 13.5. The van der Waals surface area contributed by atoms with Crippen molar-refractivity contribution in [2.45, 2.75) is 51.4 Å². The highest BCUT2D eigenvalue weighted by molar-refractivity contribution is 7.86. The summed E-state index contributed by atoms with van der Waals surface area (Å²) in [5, 5.41) is 0. The van der Waals surface area contributed by atoms with E-state index in [1.165, 1.54) is 36.4 Å². The third kappa shape index (κ3) is 3.53. The molecule has 118 valence electrons. The lowest BCUT2D eigenvalue weighted by atomic mass is 9.68. The van der Waals surface area contributed by atoms with Crippen LogP contribution in [0.2, 0.25) is 0 Å². The summed E-state index contributed by atoms with van der Waals surface area (Å²) in [6.07, 6.45) is 9.38. The van der Waals surface area contributed by atoms with Crippen molar-refractivity contribution in [2.75, 3.05) is 33.2 Å². The first-order valence-electron chi connectivity index (χ1n) is 7.92. The van der Waals surface area contributed by atoms with E-state index in [1.54, 1.807) is 11.4 Å². The summed E-state index contributed by atoms with van der Waals surface area (Å²) in [5.74, 6) is 0. The molecule has 0 atom stereocenters. The zero-order valence-electron chi connectivity index (χ0n) is 12.7. The van der Waals surface area contributed by atoms with Crippen LogP contribution in [0.15, 0.2) is 0 Å². The van der Waals surface area contributed by atoms with Crippen molar-refractivity contribution < 1.29 is 8.42 Å². The zero-order chi connectivity index (χ0) is 14.6. The predicted octanol–water partition coefficient (Wildman–Crippen LogP) is 1.56. The monoisotopic (exact) mass is 303 g/mol. The van der Waals surface area contributed by atoms with E-state index >= 15 is 0 Å². The van der Waals surface area contributed by atoms with Crippen LogP contribution in [0.1, 0.15) is 51.4 Å². The van der Waals surface area contributed by atoms with Crippen LogP contribution in [0.5, 0.6) is 0 Å². The molecule has 6 heteroatoms. The van der Waals surface area contributed by atoms with Gasteiger partial charge in [-0.15, -0.1) is 0 Å². The van der Waals surface area contributed by atoms with Crippen LogP contribution in [0.25, 0.3) is 0 Å². The highest BCUT2D eigenvalue weighted by Gasteiger charge is 2.39. The SMILES string of the molecule is CN(CCCN)S(=O)(=O)N1CCC2(CCCCC2)CC1. The van der Waals surface area contributed by atoms with Gasteiger partial charge in [0.1, 0.15) is 0 Å². The largest absolute Gasteiger partial charge is 0.330 e. The maximum absolute atomic E-state index is 12.5. The fourth-order valence-electron chi connectivity index (χ4n) is 3.62. The molecule has 1 heterocycles. The molecule has 1 aliphatic carbocycles. The Morgan fingerprint density at radius 1 is 1.10 bits per heavy atom. The molecule has 5 nitrogen and oxygen atoms in total. The summed E-state index contributed by atoms with van der Waals surface area (Å²) >= 11 is 0. The minimum Gasteiger partial charge on any atom is -0.330 e. The summed E-state index contributed by atoms with van der Waals surface area (Å²) in [5.41, 5.74) is 5.90. The molecule has 1 aliphatic heterocycles. The molecule has 20 heavy (non-hydrogen) atoms. The van der Waals surface area contributed by atoms with Crippen molar-refractivity contribution in [3.63, 3.8) is 0 Å². The quantitative estimate of drug-likeness (QED) is 0.838. The van der Waals surface area contributed by atoms with E-state index in [9.17, 15) is 8.42 Å². The Labute approximate surface area is 123 Å². The minimum atomic E-state index is -3.28. The number of hydrogen-bond donors (Lipinski definition) is 1. The Hall–Kier alpha value is -0.170. The van der Waals surface area contributed by atoms with Crippen molar-refractivity contribution in [1.29, 1.82) is 0 Å². The molecule has 2 aliphatic rings. The minimum absolute atomic E-state index is 0.445. The summed E-state index contributed by atoms with van der Waals surface area (Å²) in [6, 6.07) is 0. The summed E-state index contributed by atoms with van der Waals surface area (Å²) in [7, 11) is -1.62. The summed E-state index contributed by atoms with van der Waals surface area (Å²) in [6.45, 7) is 2.42. The molecule has 0 aromatic heterocycles. The Morgan fingerprint density at radius 3 is 2.25 bits per heavy atom. The topological polar surface area (TPSA) is 66.6 Å². The smallest absolute Gasteiger partial charge is 0.281 e. The van der Waals surface area contributed by atoms with Crippen LogP contribution in [0.4, 0.5) is 0 Å². The molecule has 2 N–H and O–H groups in total. The molecule has 2 rings (SSSR count). The first-order valence-corrected chi connectivity index (χ1v) is 9.31.